The van der Waals surface area contributed by atoms with Crippen molar-refractivity contribution in [3.05, 3.63) is 34.1 Å². The Morgan fingerprint density at radius 3 is 2.77 bits per heavy atom. The van der Waals surface area contributed by atoms with Crippen LogP contribution < -0.4 is 0 Å². The molecule has 70 valence electrons. The molecule has 0 spiro atoms. The highest BCUT2D eigenvalue weighted by Gasteiger charge is 1.97. The molecule has 1 aromatic rings. The van der Waals surface area contributed by atoms with Crippen molar-refractivity contribution in [3.63, 3.8) is 0 Å². The third-order valence-corrected chi connectivity index (χ3v) is 2.21. The first-order valence-corrected chi connectivity index (χ1v) is 5.22. The van der Waals surface area contributed by atoms with Crippen LogP contribution in [0.4, 0.5) is 0 Å². The molecule has 1 heterocycles. The van der Waals surface area contributed by atoms with Crippen LogP contribution in [0.1, 0.15) is 12.0 Å². The monoisotopic (exact) mass is 233 g/mol. The molecule has 0 atom stereocenters. The number of hydrogen-bond acceptors (Lipinski definition) is 2. The molecule has 0 aliphatic carbocycles. The minimum Gasteiger partial charge on any atom is -0.224 e. The Labute approximate surface area is 93.2 Å². The third kappa shape index (κ3) is 3.59. The van der Waals surface area contributed by atoms with Crippen molar-refractivity contribution in [2.45, 2.75) is 6.42 Å². The van der Waals surface area contributed by atoms with Crippen LogP contribution in [0.3, 0.4) is 0 Å². The Morgan fingerprint density at radius 1 is 1.38 bits per heavy atom. The quantitative estimate of drug-likeness (QED) is 0.621. The Kier molecular flexibility index (Phi) is 4.64. The van der Waals surface area contributed by atoms with Gasteiger partial charge >= 0.3 is 0 Å². The summed E-state index contributed by atoms with van der Waals surface area (Å²) in [4.78, 5) is 3.91. The lowest BCUT2D eigenvalue weighted by Crippen LogP contribution is -1.81. The van der Waals surface area contributed by atoms with Gasteiger partial charge in [-0.2, -0.15) is 12.6 Å². The lowest BCUT2D eigenvalue weighted by molar-refractivity contribution is 1.26. The molecule has 0 N–H and O–H groups in total. The predicted molar refractivity (Wildman–Crippen MR) is 61.8 cm³/mol. The van der Waals surface area contributed by atoms with Gasteiger partial charge < -0.3 is 0 Å². The second kappa shape index (κ2) is 5.53. The minimum atomic E-state index is 0.413. The fourth-order valence-electron chi connectivity index (χ4n) is 0.832. The van der Waals surface area contributed by atoms with Crippen molar-refractivity contribution in [2.24, 2.45) is 0 Å². The summed E-state index contributed by atoms with van der Waals surface area (Å²) in [5.74, 6) is 0.829. The lowest BCUT2D eigenvalue weighted by atomic mass is 10.2. The van der Waals surface area contributed by atoms with Gasteiger partial charge in [0.05, 0.1) is 0 Å². The first-order valence-electron chi connectivity index (χ1n) is 3.83. The summed E-state index contributed by atoms with van der Waals surface area (Å²) in [6, 6.07) is 3.56. The van der Waals surface area contributed by atoms with E-state index in [2.05, 4.69) is 17.6 Å². The number of aromatic nitrogens is 1. The van der Waals surface area contributed by atoms with Crippen LogP contribution in [0.25, 0.3) is 6.08 Å². The molecule has 0 aromatic carbocycles. The summed E-state index contributed by atoms with van der Waals surface area (Å²) in [7, 11) is 0. The van der Waals surface area contributed by atoms with Gasteiger partial charge in [0, 0.05) is 5.56 Å². The van der Waals surface area contributed by atoms with Gasteiger partial charge in [-0.25, -0.2) is 4.98 Å². The molecule has 4 heteroatoms. The van der Waals surface area contributed by atoms with Crippen molar-refractivity contribution >= 4 is 41.9 Å². The van der Waals surface area contributed by atoms with E-state index in [-0.39, 0.29) is 0 Å². The van der Waals surface area contributed by atoms with Gasteiger partial charge in [0.25, 0.3) is 0 Å². The zero-order valence-electron chi connectivity index (χ0n) is 6.87. The van der Waals surface area contributed by atoms with E-state index in [9.17, 15) is 0 Å². The molecule has 0 saturated carbocycles. The van der Waals surface area contributed by atoms with E-state index < -0.39 is 0 Å². The molecule has 0 saturated heterocycles. The second-order valence-corrected chi connectivity index (χ2v) is 3.62. The Bertz CT molecular complexity index is 312. The molecule has 0 unspecified atom stereocenters. The van der Waals surface area contributed by atoms with E-state index in [1.165, 1.54) is 0 Å². The summed E-state index contributed by atoms with van der Waals surface area (Å²) in [6.45, 7) is 0. The van der Waals surface area contributed by atoms with Crippen molar-refractivity contribution < 1.29 is 0 Å². The lowest BCUT2D eigenvalue weighted by Gasteiger charge is -1.96. The molecule has 0 fully saturated rings. The van der Waals surface area contributed by atoms with E-state index in [0.29, 0.717) is 10.3 Å². The molecule has 1 rings (SSSR count). The molecule has 1 nitrogen and oxygen atoms in total. The van der Waals surface area contributed by atoms with Crippen molar-refractivity contribution in [2.75, 3.05) is 5.75 Å². The van der Waals surface area contributed by atoms with Crippen molar-refractivity contribution in [3.8, 4) is 0 Å². The Hall–Kier alpha value is -0.180. The number of thiol groups is 1. The number of allylic oxidation sites excluding steroid dienone is 1. The summed E-state index contributed by atoms with van der Waals surface area (Å²) in [5.41, 5.74) is 0.882. The van der Waals surface area contributed by atoms with E-state index in [1.54, 1.807) is 6.07 Å². The molecule has 0 bridgehead atoms. The van der Waals surface area contributed by atoms with Gasteiger partial charge in [-0.15, -0.1) is 0 Å². The fourth-order valence-corrected chi connectivity index (χ4v) is 1.39. The third-order valence-electron chi connectivity index (χ3n) is 1.44. The molecule has 0 aliphatic heterocycles. The topological polar surface area (TPSA) is 12.9 Å². The fraction of sp³-hybridized carbons (Fsp3) is 0.222. The normalized spacial score (nSPS) is 11.0. The minimum absolute atomic E-state index is 0.413. The highest BCUT2D eigenvalue weighted by atomic mass is 35.5. The van der Waals surface area contributed by atoms with Gasteiger partial charge in [0.15, 0.2) is 0 Å². The van der Waals surface area contributed by atoms with Crippen LogP contribution in [0.2, 0.25) is 10.3 Å². The summed E-state index contributed by atoms with van der Waals surface area (Å²) >= 11 is 15.6. The zero-order valence-corrected chi connectivity index (χ0v) is 9.28. The highest BCUT2D eigenvalue weighted by Crippen LogP contribution is 2.17. The Morgan fingerprint density at radius 2 is 2.15 bits per heavy atom. The number of hydrogen-bond donors (Lipinski definition) is 1. The largest absolute Gasteiger partial charge is 0.224 e. The van der Waals surface area contributed by atoms with Gasteiger partial charge in [-0.1, -0.05) is 35.4 Å². The van der Waals surface area contributed by atoms with Crippen LogP contribution in [-0.4, -0.2) is 10.7 Å². The maximum atomic E-state index is 5.84. The van der Waals surface area contributed by atoms with E-state index in [1.807, 2.05) is 18.2 Å². The number of nitrogens with zero attached hydrogens (tertiary/aromatic N) is 1. The molecule has 1 aromatic heterocycles. The van der Waals surface area contributed by atoms with Crippen LogP contribution in [0.15, 0.2) is 18.2 Å². The summed E-state index contributed by atoms with van der Waals surface area (Å²) < 4.78 is 0. The molecular formula is C9H9Cl2NS. The van der Waals surface area contributed by atoms with Gasteiger partial charge in [0.1, 0.15) is 10.3 Å². The second-order valence-electron chi connectivity index (χ2n) is 2.43. The van der Waals surface area contributed by atoms with E-state index in [0.717, 1.165) is 17.7 Å². The molecule has 0 amide bonds. The van der Waals surface area contributed by atoms with Crippen LogP contribution >= 0.6 is 35.8 Å². The smallest absolute Gasteiger partial charge is 0.138 e. The van der Waals surface area contributed by atoms with Gasteiger partial charge in [-0.05, 0) is 24.3 Å². The highest BCUT2D eigenvalue weighted by molar-refractivity contribution is 7.80. The number of rotatable bonds is 3. The molecule has 0 aliphatic rings. The summed E-state index contributed by atoms with van der Waals surface area (Å²) in [6.07, 6.45) is 4.84. The average molecular weight is 234 g/mol. The predicted octanol–water partition coefficient (Wildman–Crippen LogP) is 3.72. The van der Waals surface area contributed by atoms with Crippen LogP contribution in [-0.2, 0) is 0 Å². The average Bonchev–Trinajstić information content (AvgIpc) is 2.09. The van der Waals surface area contributed by atoms with Crippen molar-refractivity contribution in [1.82, 2.24) is 4.98 Å². The number of halogens is 2. The van der Waals surface area contributed by atoms with Crippen LogP contribution in [0.5, 0.6) is 0 Å². The summed E-state index contributed by atoms with van der Waals surface area (Å²) in [5, 5.41) is 0.847. The van der Waals surface area contributed by atoms with E-state index in [4.69, 9.17) is 23.2 Å². The zero-order chi connectivity index (χ0) is 9.68. The molecule has 13 heavy (non-hydrogen) atoms. The number of pyridine rings is 1. The molecule has 0 radical (unpaired) electrons. The maximum absolute atomic E-state index is 5.84. The first-order chi connectivity index (χ1) is 6.24. The van der Waals surface area contributed by atoms with Crippen LogP contribution in [0, 0.1) is 0 Å². The molecular weight excluding hydrogens is 225 g/mol. The van der Waals surface area contributed by atoms with Gasteiger partial charge in [-0.3, -0.25) is 0 Å². The SMILES string of the molecule is SCCC=Cc1ccc(Cl)nc1Cl. The van der Waals surface area contributed by atoms with Crippen molar-refractivity contribution in [1.29, 1.82) is 0 Å². The maximum Gasteiger partial charge on any atom is 0.138 e. The van der Waals surface area contributed by atoms with Gasteiger partial charge in [0.2, 0.25) is 0 Å². The van der Waals surface area contributed by atoms with E-state index >= 15 is 0 Å². The standard InChI is InChI=1S/C9H9Cl2NS/c10-8-5-4-7(9(11)12-8)3-1-2-6-13/h1,3-5,13H,2,6H2. The first kappa shape index (κ1) is 10.9. The Balaban J connectivity index is 2.77.